The molecule has 1 heterocycles. The van der Waals surface area contributed by atoms with Gasteiger partial charge in [0.1, 0.15) is 5.03 Å². The molecule has 0 radical (unpaired) electrons. The molecule has 20 heavy (non-hydrogen) atoms. The fourth-order valence-corrected chi connectivity index (χ4v) is 3.19. The monoisotopic (exact) mass is 359 g/mol. The number of thioether (sulfide) groups is 1. The van der Waals surface area contributed by atoms with Gasteiger partial charge in [0.25, 0.3) is 0 Å². The van der Waals surface area contributed by atoms with E-state index in [1.165, 1.54) is 0 Å². The van der Waals surface area contributed by atoms with Crippen LogP contribution < -0.4 is 11.1 Å². The third-order valence-electron chi connectivity index (χ3n) is 3.09. The zero-order valence-corrected chi connectivity index (χ0v) is 14.4. The Balaban J connectivity index is 2.41. The van der Waals surface area contributed by atoms with Gasteiger partial charge in [0, 0.05) is 10.7 Å². The Hall–Kier alpha value is -0.590. The minimum Gasteiger partial charge on any atom is -0.368 e. The Morgan fingerprint density at radius 2 is 2.35 bits per heavy atom. The number of nitrogens with zero attached hydrogens (tertiary/aromatic N) is 1. The van der Waals surface area contributed by atoms with Crippen LogP contribution >= 0.6 is 27.7 Å². The highest BCUT2D eigenvalue weighted by Gasteiger charge is 2.29. The predicted molar refractivity (Wildman–Crippen MR) is 87.8 cm³/mol. The Labute approximate surface area is 133 Å². The summed E-state index contributed by atoms with van der Waals surface area (Å²) < 4.78 is 1.01. The highest BCUT2D eigenvalue weighted by Crippen LogP contribution is 2.26. The third kappa shape index (κ3) is 5.42. The second-order valence-corrected chi connectivity index (χ2v) is 6.80. The number of primary amides is 1. The second-order valence-electron chi connectivity index (χ2n) is 4.87. The van der Waals surface area contributed by atoms with Crippen molar-refractivity contribution in [3.63, 3.8) is 0 Å². The number of carbonyl (C=O) groups is 1. The number of nitrogens with two attached hydrogens (primary N) is 1. The minimum absolute atomic E-state index is 0.282. The number of hydrogen-bond acceptors (Lipinski definition) is 4. The van der Waals surface area contributed by atoms with Gasteiger partial charge in [0.05, 0.1) is 5.54 Å². The van der Waals surface area contributed by atoms with E-state index < -0.39 is 5.54 Å². The zero-order chi connectivity index (χ0) is 15.0. The molecular weight excluding hydrogens is 338 g/mol. The number of pyridine rings is 1. The van der Waals surface area contributed by atoms with Gasteiger partial charge in [0.15, 0.2) is 0 Å². The molecule has 0 saturated heterocycles. The molecule has 0 bridgehead atoms. The molecule has 6 heteroatoms. The normalized spacial score (nSPS) is 13.9. The van der Waals surface area contributed by atoms with Crippen molar-refractivity contribution >= 4 is 33.6 Å². The summed E-state index contributed by atoms with van der Waals surface area (Å²) in [5.41, 5.74) is 4.89. The lowest BCUT2D eigenvalue weighted by Crippen LogP contribution is -2.53. The average Bonchev–Trinajstić information content (AvgIpc) is 2.43. The lowest BCUT2D eigenvalue weighted by molar-refractivity contribution is -0.124. The van der Waals surface area contributed by atoms with Crippen molar-refractivity contribution < 1.29 is 4.79 Å². The van der Waals surface area contributed by atoms with Crippen LogP contribution in [-0.4, -0.2) is 28.7 Å². The molecule has 0 aliphatic carbocycles. The molecule has 112 valence electrons. The lowest BCUT2D eigenvalue weighted by atomic mass is 9.95. The number of hydrogen-bond donors (Lipinski definition) is 2. The summed E-state index contributed by atoms with van der Waals surface area (Å²) in [5, 5.41) is 4.23. The SMILES string of the molecule is CCCNC(C)(CCCSc1ncccc1Br)C(N)=O. The predicted octanol–water partition coefficient (Wildman–Crippen LogP) is 2.96. The molecule has 4 nitrogen and oxygen atoms in total. The first-order valence-corrected chi connectivity index (χ1v) is 8.55. The standard InChI is InChI=1S/C14H22BrN3OS/c1-3-8-18-14(2,13(16)19)7-5-10-20-12-11(15)6-4-9-17-12/h4,6,9,18H,3,5,7-8,10H2,1-2H3,(H2,16,19). The topological polar surface area (TPSA) is 68.0 Å². The summed E-state index contributed by atoms with van der Waals surface area (Å²) in [7, 11) is 0. The van der Waals surface area contributed by atoms with Crippen molar-refractivity contribution in [3.8, 4) is 0 Å². The third-order valence-corrected chi connectivity index (χ3v) is 5.09. The molecule has 0 aromatic carbocycles. The summed E-state index contributed by atoms with van der Waals surface area (Å²) in [6.45, 7) is 4.76. The van der Waals surface area contributed by atoms with E-state index >= 15 is 0 Å². The maximum absolute atomic E-state index is 11.6. The van der Waals surface area contributed by atoms with Gasteiger partial charge < -0.3 is 11.1 Å². The first kappa shape index (κ1) is 17.5. The van der Waals surface area contributed by atoms with Gasteiger partial charge in [0.2, 0.25) is 5.91 Å². The number of rotatable bonds is 9. The van der Waals surface area contributed by atoms with E-state index in [-0.39, 0.29) is 5.91 Å². The molecule has 0 aliphatic heterocycles. The van der Waals surface area contributed by atoms with Crippen LogP contribution in [-0.2, 0) is 4.79 Å². The first-order chi connectivity index (χ1) is 9.49. The average molecular weight is 360 g/mol. The van der Waals surface area contributed by atoms with Crippen molar-refractivity contribution in [1.82, 2.24) is 10.3 Å². The maximum Gasteiger partial charge on any atom is 0.237 e. The highest BCUT2D eigenvalue weighted by atomic mass is 79.9. The highest BCUT2D eigenvalue weighted by molar-refractivity contribution is 9.10. The van der Waals surface area contributed by atoms with Crippen molar-refractivity contribution in [2.24, 2.45) is 5.73 Å². The largest absolute Gasteiger partial charge is 0.368 e. The van der Waals surface area contributed by atoms with E-state index in [0.29, 0.717) is 0 Å². The molecule has 0 saturated carbocycles. The molecule has 1 amide bonds. The molecule has 1 atom stereocenters. The molecule has 1 rings (SSSR count). The summed E-state index contributed by atoms with van der Waals surface area (Å²) >= 11 is 5.16. The van der Waals surface area contributed by atoms with Crippen LogP contribution in [0.25, 0.3) is 0 Å². The van der Waals surface area contributed by atoms with Gasteiger partial charge in [-0.3, -0.25) is 4.79 Å². The van der Waals surface area contributed by atoms with Gasteiger partial charge in [-0.15, -0.1) is 11.8 Å². The van der Waals surface area contributed by atoms with Crippen LogP contribution in [0.1, 0.15) is 33.1 Å². The van der Waals surface area contributed by atoms with Gasteiger partial charge >= 0.3 is 0 Å². The molecule has 0 aliphatic rings. The number of nitrogens with one attached hydrogen (secondary N) is 1. The molecule has 0 fully saturated rings. The van der Waals surface area contributed by atoms with E-state index in [0.717, 1.165) is 41.1 Å². The fourth-order valence-electron chi connectivity index (χ4n) is 1.77. The van der Waals surface area contributed by atoms with Crippen molar-refractivity contribution in [2.45, 2.75) is 43.7 Å². The zero-order valence-electron chi connectivity index (χ0n) is 12.0. The number of halogens is 1. The summed E-state index contributed by atoms with van der Waals surface area (Å²) in [5.74, 6) is 0.627. The Morgan fingerprint density at radius 1 is 1.60 bits per heavy atom. The quantitative estimate of drug-likeness (QED) is 0.525. The van der Waals surface area contributed by atoms with Gasteiger partial charge in [-0.2, -0.15) is 0 Å². The minimum atomic E-state index is -0.613. The Kier molecular flexibility index (Phi) is 7.55. The van der Waals surface area contributed by atoms with E-state index in [1.807, 2.05) is 19.1 Å². The number of amides is 1. The summed E-state index contributed by atoms with van der Waals surface area (Å²) in [4.78, 5) is 15.9. The van der Waals surface area contributed by atoms with E-state index in [1.54, 1.807) is 18.0 Å². The molecule has 1 unspecified atom stereocenters. The Morgan fingerprint density at radius 3 is 2.95 bits per heavy atom. The van der Waals surface area contributed by atoms with Crippen molar-refractivity contribution in [1.29, 1.82) is 0 Å². The number of carbonyl (C=O) groups excluding carboxylic acids is 1. The smallest absolute Gasteiger partial charge is 0.237 e. The summed E-state index contributed by atoms with van der Waals surface area (Å²) in [6.07, 6.45) is 4.41. The van der Waals surface area contributed by atoms with Gasteiger partial charge in [-0.25, -0.2) is 4.98 Å². The van der Waals surface area contributed by atoms with Crippen LogP contribution in [0.15, 0.2) is 27.8 Å². The Bertz CT molecular complexity index is 444. The van der Waals surface area contributed by atoms with Crippen LogP contribution in [0.5, 0.6) is 0 Å². The first-order valence-electron chi connectivity index (χ1n) is 6.78. The fraction of sp³-hybridized carbons (Fsp3) is 0.571. The van der Waals surface area contributed by atoms with Crippen LogP contribution in [0.3, 0.4) is 0 Å². The van der Waals surface area contributed by atoms with Gasteiger partial charge in [-0.05, 0) is 66.5 Å². The number of aromatic nitrogens is 1. The lowest BCUT2D eigenvalue weighted by Gasteiger charge is -2.27. The molecule has 0 spiro atoms. The van der Waals surface area contributed by atoms with E-state index in [9.17, 15) is 4.79 Å². The van der Waals surface area contributed by atoms with E-state index in [4.69, 9.17) is 5.73 Å². The van der Waals surface area contributed by atoms with Crippen LogP contribution in [0, 0.1) is 0 Å². The van der Waals surface area contributed by atoms with Crippen molar-refractivity contribution in [2.75, 3.05) is 12.3 Å². The van der Waals surface area contributed by atoms with Crippen LogP contribution in [0.2, 0.25) is 0 Å². The maximum atomic E-state index is 11.6. The molecular formula is C14H22BrN3OS. The molecule has 1 aromatic heterocycles. The van der Waals surface area contributed by atoms with E-state index in [2.05, 4.69) is 33.2 Å². The van der Waals surface area contributed by atoms with Crippen molar-refractivity contribution in [3.05, 3.63) is 22.8 Å². The second kappa shape index (κ2) is 8.64. The summed E-state index contributed by atoms with van der Waals surface area (Å²) in [6, 6.07) is 3.87. The molecule has 1 aromatic rings. The molecule has 3 N–H and O–H groups in total. The van der Waals surface area contributed by atoms with Crippen LogP contribution in [0.4, 0.5) is 0 Å². The van der Waals surface area contributed by atoms with Gasteiger partial charge in [-0.1, -0.05) is 6.92 Å².